The second-order valence-electron chi connectivity index (χ2n) is 6.01. The Bertz CT molecular complexity index is 521. The van der Waals surface area contributed by atoms with E-state index in [1.54, 1.807) is 0 Å². The molecule has 4 heteroatoms. The Kier molecular flexibility index (Phi) is 4.03. The van der Waals surface area contributed by atoms with Gasteiger partial charge >= 0.3 is 0 Å². The van der Waals surface area contributed by atoms with E-state index in [9.17, 15) is 0 Å². The van der Waals surface area contributed by atoms with Crippen LogP contribution in [0, 0.1) is 0 Å². The Balaban J connectivity index is 1.71. The van der Waals surface area contributed by atoms with E-state index in [1.165, 1.54) is 19.4 Å². The van der Waals surface area contributed by atoms with Crippen LogP contribution in [0.2, 0.25) is 0 Å². The van der Waals surface area contributed by atoms with Crippen molar-refractivity contribution >= 4 is 5.65 Å². The molecule has 1 atom stereocenters. The maximum Gasteiger partial charge on any atom is 0.137 e. The molecular formula is C16H24N4. The molecule has 1 unspecified atom stereocenters. The van der Waals surface area contributed by atoms with Crippen molar-refractivity contribution in [2.75, 3.05) is 13.1 Å². The lowest BCUT2D eigenvalue weighted by atomic mass is 10.2. The topological polar surface area (TPSA) is 32.6 Å². The van der Waals surface area contributed by atoms with Crippen LogP contribution < -0.4 is 5.32 Å². The predicted octanol–water partition coefficient (Wildman–Crippen LogP) is 2.30. The third-order valence-electron chi connectivity index (χ3n) is 4.13. The van der Waals surface area contributed by atoms with Crippen molar-refractivity contribution in [3.63, 3.8) is 0 Å². The fourth-order valence-electron chi connectivity index (χ4n) is 2.93. The predicted molar refractivity (Wildman–Crippen MR) is 81.8 cm³/mol. The van der Waals surface area contributed by atoms with E-state index in [1.807, 2.05) is 12.1 Å². The number of pyridine rings is 1. The van der Waals surface area contributed by atoms with Gasteiger partial charge in [0.05, 0.1) is 5.69 Å². The minimum Gasteiger partial charge on any atom is -0.313 e. The summed E-state index contributed by atoms with van der Waals surface area (Å²) in [5.74, 6) is 0. The van der Waals surface area contributed by atoms with Crippen molar-refractivity contribution in [2.24, 2.45) is 0 Å². The summed E-state index contributed by atoms with van der Waals surface area (Å²) >= 11 is 0. The highest BCUT2D eigenvalue weighted by Crippen LogP contribution is 2.13. The van der Waals surface area contributed by atoms with Gasteiger partial charge < -0.3 is 9.72 Å². The first-order valence-corrected chi connectivity index (χ1v) is 7.62. The van der Waals surface area contributed by atoms with Crippen LogP contribution in [0.5, 0.6) is 0 Å². The van der Waals surface area contributed by atoms with Gasteiger partial charge in [-0.2, -0.15) is 0 Å². The zero-order valence-electron chi connectivity index (χ0n) is 12.4. The number of hydrogen-bond donors (Lipinski definition) is 1. The zero-order chi connectivity index (χ0) is 13.9. The van der Waals surface area contributed by atoms with Crippen LogP contribution >= 0.6 is 0 Å². The quantitative estimate of drug-likeness (QED) is 0.906. The molecule has 3 heterocycles. The van der Waals surface area contributed by atoms with Crippen LogP contribution in [0.3, 0.4) is 0 Å². The first-order valence-electron chi connectivity index (χ1n) is 7.62. The fourth-order valence-corrected chi connectivity index (χ4v) is 2.93. The molecule has 1 aliphatic heterocycles. The summed E-state index contributed by atoms with van der Waals surface area (Å²) in [5, 5.41) is 3.59. The SMILES string of the molecule is CC(C)N(Cc1cn2ccccc2n1)CC1CCCN1. The molecule has 1 fully saturated rings. The first-order chi connectivity index (χ1) is 9.72. The summed E-state index contributed by atoms with van der Waals surface area (Å²) in [6, 6.07) is 7.33. The molecule has 0 saturated carbocycles. The van der Waals surface area contributed by atoms with Crippen molar-refractivity contribution in [3.8, 4) is 0 Å². The number of imidazole rings is 1. The van der Waals surface area contributed by atoms with Gasteiger partial charge in [-0.3, -0.25) is 4.90 Å². The van der Waals surface area contributed by atoms with Crippen LogP contribution in [0.15, 0.2) is 30.6 Å². The Morgan fingerprint density at radius 2 is 2.35 bits per heavy atom. The summed E-state index contributed by atoms with van der Waals surface area (Å²) in [6.45, 7) is 7.75. The van der Waals surface area contributed by atoms with Crippen LogP contribution in [0.25, 0.3) is 5.65 Å². The molecule has 2 aromatic heterocycles. The highest BCUT2D eigenvalue weighted by molar-refractivity contribution is 5.39. The second-order valence-corrected chi connectivity index (χ2v) is 6.01. The molecule has 0 amide bonds. The van der Waals surface area contributed by atoms with Crippen molar-refractivity contribution < 1.29 is 0 Å². The summed E-state index contributed by atoms with van der Waals surface area (Å²) in [4.78, 5) is 7.23. The molecule has 3 rings (SSSR count). The third-order valence-corrected chi connectivity index (χ3v) is 4.13. The Hall–Kier alpha value is -1.39. The van der Waals surface area contributed by atoms with Gasteiger partial charge in [-0.25, -0.2) is 4.98 Å². The molecule has 0 aliphatic carbocycles. The molecule has 1 saturated heterocycles. The van der Waals surface area contributed by atoms with Crippen LogP contribution in [-0.2, 0) is 6.54 Å². The van der Waals surface area contributed by atoms with Crippen molar-refractivity contribution in [1.82, 2.24) is 19.6 Å². The second kappa shape index (κ2) is 5.94. The van der Waals surface area contributed by atoms with Gasteiger partial charge in [0.1, 0.15) is 5.65 Å². The number of fused-ring (bicyclic) bond motifs is 1. The van der Waals surface area contributed by atoms with Gasteiger partial charge in [-0.15, -0.1) is 0 Å². The van der Waals surface area contributed by atoms with Crippen LogP contribution in [-0.4, -0.2) is 39.5 Å². The van der Waals surface area contributed by atoms with E-state index < -0.39 is 0 Å². The van der Waals surface area contributed by atoms with Crippen molar-refractivity contribution in [2.45, 2.75) is 45.3 Å². The third kappa shape index (κ3) is 3.02. The van der Waals surface area contributed by atoms with Gasteiger partial charge in [0, 0.05) is 37.6 Å². The first kappa shape index (κ1) is 13.6. The molecule has 0 aromatic carbocycles. The number of nitrogens with zero attached hydrogens (tertiary/aromatic N) is 3. The standard InChI is InChI=1S/C16H24N4/c1-13(2)20(10-14-6-5-8-17-14)12-15-11-19-9-4-3-7-16(19)18-15/h3-4,7,9,11,13-14,17H,5-6,8,10,12H2,1-2H3. The number of nitrogens with one attached hydrogen (secondary N) is 1. The molecule has 108 valence electrons. The zero-order valence-corrected chi connectivity index (χ0v) is 12.4. The smallest absolute Gasteiger partial charge is 0.137 e. The summed E-state index contributed by atoms with van der Waals surface area (Å²) in [7, 11) is 0. The molecule has 1 N–H and O–H groups in total. The average molecular weight is 272 g/mol. The maximum absolute atomic E-state index is 4.71. The van der Waals surface area contributed by atoms with E-state index in [0.29, 0.717) is 12.1 Å². The number of aromatic nitrogens is 2. The number of rotatable bonds is 5. The van der Waals surface area contributed by atoms with Crippen LogP contribution in [0.1, 0.15) is 32.4 Å². The molecule has 20 heavy (non-hydrogen) atoms. The van der Waals surface area contributed by atoms with Crippen molar-refractivity contribution in [1.29, 1.82) is 0 Å². The normalized spacial score (nSPS) is 19.5. The van der Waals surface area contributed by atoms with E-state index in [0.717, 1.165) is 24.4 Å². The Labute approximate surface area is 120 Å². The van der Waals surface area contributed by atoms with E-state index in [-0.39, 0.29) is 0 Å². The fraction of sp³-hybridized carbons (Fsp3) is 0.562. The van der Waals surface area contributed by atoms with Gasteiger partial charge in [0.15, 0.2) is 0 Å². The molecule has 1 aliphatic rings. The molecular weight excluding hydrogens is 248 g/mol. The summed E-state index contributed by atoms with van der Waals surface area (Å²) in [6.07, 6.45) is 6.82. The lowest BCUT2D eigenvalue weighted by Crippen LogP contribution is -2.40. The Morgan fingerprint density at radius 1 is 1.45 bits per heavy atom. The van der Waals surface area contributed by atoms with Gasteiger partial charge in [-0.1, -0.05) is 6.07 Å². The summed E-state index contributed by atoms with van der Waals surface area (Å²) < 4.78 is 2.10. The van der Waals surface area contributed by atoms with Gasteiger partial charge in [0.25, 0.3) is 0 Å². The Morgan fingerprint density at radius 3 is 3.05 bits per heavy atom. The largest absolute Gasteiger partial charge is 0.313 e. The molecule has 0 radical (unpaired) electrons. The molecule has 0 spiro atoms. The summed E-state index contributed by atoms with van der Waals surface area (Å²) in [5.41, 5.74) is 2.19. The van der Waals surface area contributed by atoms with E-state index in [2.05, 4.69) is 46.9 Å². The van der Waals surface area contributed by atoms with E-state index >= 15 is 0 Å². The molecule has 2 aromatic rings. The van der Waals surface area contributed by atoms with Gasteiger partial charge in [0.2, 0.25) is 0 Å². The highest BCUT2D eigenvalue weighted by atomic mass is 15.2. The molecule has 0 bridgehead atoms. The molecule has 4 nitrogen and oxygen atoms in total. The minimum atomic E-state index is 0.544. The van der Waals surface area contributed by atoms with Crippen LogP contribution in [0.4, 0.5) is 0 Å². The minimum absolute atomic E-state index is 0.544. The monoisotopic (exact) mass is 272 g/mol. The maximum atomic E-state index is 4.71. The van der Waals surface area contributed by atoms with Crippen molar-refractivity contribution in [3.05, 3.63) is 36.3 Å². The average Bonchev–Trinajstić information content (AvgIpc) is 3.05. The van der Waals surface area contributed by atoms with E-state index in [4.69, 9.17) is 4.98 Å². The van der Waals surface area contributed by atoms with Gasteiger partial charge in [-0.05, 0) is 45.4 Å². The highest BCUT2D eigenvalue weighted by Gasteiger charge is 2.20. The number of hydrogen-bond acceptors (Lipinski definition) is 3. The lowest BCUT2D eigenvalue weighted by molar-refractivity contribution is 0.192. The lowest BCUT2D eigenvalue weighted by Gasteiger charge is -2.28.